The van der Waals surface area contributed by atoms with E-state index in [9.17, 15) is 0 Å². The molecule has 1 aliphatic carbocycles. The van der Waals surface area contributed by atoms with Crippen LogP contribution in [-0.4, -0.2) is 33.8 Å². The molecule has 0 amide bonds. The molecule has 0 spiro atoms. The number of benzene rings is 1. The molecule has 0 unspecified atom stereocenters. The van der Waals surface area contributed by atoms with Gasteiger partial charge in [0.1, 0.15) is 12.4 Å². The lowest BCUT2D eigenvalue weighted by atomic mass is 9.98. The first-order chi connectivity index (χ1) is 16.3. The minimum atomic E-state index is -1.16. The van der Waals surface area contributed by atoms with E-state index >= 15 is 0 Å². The van der Waals surface area contributed by atoms with E-state index in [-0.39, 0.29) is 0 Å². The van der Waals surface area contributed by atoms with Crippen molar-refractivity contribution < 1.29 is 4.74 Å². The summed E-state index contributed by atoms with van der Waals surface area (Å²) in [4.78, 5) is 7.98. The lowest BCUT2D eigenvalue weighted by Crippen LogP contribution is -2.22. The topological polar surface area (TPSA) is 48.7 Å². The summed E-state index contributed by atoms with van der Waals surface area (Å²) in [7, 11) is -1.16. The largest absolute Gasteiger partial charge is 0.362 e. The fourth-order valence-electron chi connectivity index (χ4n) is 4.17. The van der Waals surface area contributed by atoms with Crippen molar-refractivity contribution >= 4 is 31.1 Å². The Kier molecular flexibility index (Phi) is 6.07. The molecule has 0 N–H and O–H groups in total. The second-order valence-corrected chi connectivity index (χ2v) is 16.2. The number of pyridine rings is 1. The maximum atomic E-state index is 7.50. The highest BCUT2D eigenvalue weighted by molar-refractivity contribution is 6.76. The van der Waals surface area contributed by atoms with Crippen LogP contribution in [0.1, 0.15) is 24.5 Å². The summed E-state index contributed by atoms with van der Waals surface area (Å²) < 4.78 is 10.0. The lowest BCUT2D eigenvalue weighted by Gasteiger charge is -2.16. The zero-order valence-corrected chi connectivity index (χ0v) is 21.5. The molecule has 4 aromatic rings. The minimum Gasteiger partial charge on any atom is -0.362 e. The summed E-state index contributed by atoms with van der Waals surface area (Å²) in [5.41, 5.74) is 6.02. The summed E-state index contributed by atoms with van der Waals surface area (Å²) in [5, 5.41) is 5.76. The highest BCUT2D eigenvalue weighted by Gasteiger charge is 2.34. The van der Waals surface area contributed by atoms with Gasteiger partial charge in [0, 0.05) is 48.4 Å². The molecule has 0 atom stereocenters. The van der Waals surface area contributed by atoms with Crippen molar-refractivity contribution in [3.8, 4) is 22.4 Å². The van der Waals surface area contributed by atoms with Crippen LogP contribution in [0.4, 0.5) is 5.82 Å². The number of aromatic nitrogens is 4. The van der Waals surface area contributed by atoms with Gasteiger partial charge in [0.15, 0.2) is 0 Å². The Bertz CT molecular complexity index is 1370. The Balaban J connectivity index is 1.62. The molecule has 1 fully saturated rings. The molecule has 1 saturated carbocycles. The molecule has 3 aromatic heterocycles. The molecule has 3 heterocycles. The lowest BCUT2D eigenvalue weighted by molar-refractivity contribution is 0.0767. The van der Waals surface area contributed by atoms with Gasteiger partial charge in [-0.1, -0.05) is 49.9 Å². The van der Waals surface area contributed by atoms with Crippen LogP contribution in [0.25, 0.3) is 32.9 Å². The van der Waals surface area contributed by atoms with E-state index in [2.05, 4.69) is 40.2 Å². The van der Waals surface area contributed by atoms with Gasteiger partial charge in [-0.3, -0.25) is 0 Å². The molecule has 6 nitrogen and oxygen atoms in total. The fourth-order valence-corrected chi connectivity index (χ4v) is 5.05. The quantitative estimate of drug-likeness (QED) is 0.149. The van der Waals surface area contributed by atoms with Gasteiger partial charge in [-0.25, -0.2) is 14.1 Å². The standard InChI is InChI=1S/C26H28ClN5OSi/c1-28-23-15-29-22-12-9-20(16-31(22)23)24-25(18-7-10-21(27)11-8-18)30-32(26(24)19-5-6-19)17-33-13-14-34(2,3)4/h7-12,15-16,19H,5-6,13-14,17H2,2-4H3. The van der Waals surface area contributed by atoms with Gasteiger partial charge in [-0.2, -0.15) is 5.10 Å². The molecule has 34 heavy (non-hydrogen) atoms. The predicted octanol–water partition coefficient (Wildman–Crippen LogP) is 7.26. The first kappa shape index (κ1) is 22.8. The van der Waals surface area contributed by atoms with E-state index in [0.29, 0.717) is 23.5 Å². The Hall–Kier alpha value is -2.92. The first-order valence-electron chi connectivity index (χ1n) is 11.6. The molecule has 0 bridgehead atoms. The molecule has 1 aromatic carbocycles. The summed E-state index contributed by atoms with van der Waals surface area (Å²) in [6, 6.07) is 13.0. The number of hydrogen-bond donors (Lipinski definition) is 0. The van der Waals surface area contributed by atoms with Crippen molar-refractivity contribution in [2.24, 2.45) is 0 Å². The maximum absolute atomic E-state index is 7.50. The second-order valence-electron chi connectivity index (χ2n) is 10.1. The SMILES string of the molecule is [C-]#[N+]c1cnc2ccc(-c3c(-c4ccc(Cl)cc4)nn(COCC[Si](C)(C)C)c3C3CC3)cn12. The van der Waals surface area contributed by atoms with E-state index in [0.717, 1.165) is 53.5 Å². The van der Waals surface area contributed by atoms with Crippen molar-refractivity contribution in [2.45, 2.75) is 51.2 Å². The van der Waals surface area contributed by atoms with Gasteiger partial charge < -0.3 is 9.58 Å². The highest BCUT2D eigenvalue weighted by atomic mass is 35.5. The summed E-state index contributed by atoms with van der Waals surface area (Å²) in [6.45, 7) is 15.8. The number of ether oxygens (including phenoxy) is 1. The van der Waals surface area contributed by atoms with Gasteiger partial charge in [-0.15, -0.1) is 0 Å². The normalized spacial score (nSPS) is 14.0. The Labute approximate surface area is 206 Å². The second kappa shape index (κ2) is 9.03. The number of hydrogen-bond acceptors (Lipinski definition) is 3. The average molecular weight is 490 g/mol. The third kappa shape index (κ3) is 4.67. The van der Waals surface area contributed by atoms with Crippen molar-refractivity contribution in [3.05, 3.63) is 70.9 Å². The number of rotatable bonds is 8. The number of halogens is 1. The van der Waals surface area contributed by atoms with E-state index in [1.54, 1.807) is 6.20 Å². The first-order valence-corrected chi connectivity index (χ1v) is 15.7. The zero-order valence-electron chi connectivity index (χ0n) is 19.8. The molecule has 5 rings (SSSR count). The van der Waals surface area contributed by atoms with Gasteiger partial charge in [0.2, 0.25) is 5.65 Å². The van der Waals surface area contributed by atoms with Crippen LogP contribution < -0.4 is 0 Å². The summed E-state index contributed by atoms with van der Waals surface area (Å²) in [6.07, 6.45) is 5.92. The van der Waals surface area contributed by atoms with Crippen molar-refractivity contribution in [3.63, 3.8) is 0 Å². The third-order valence-corrected chi connectivity index (χ3v) is 8.13. The van der Waals surface area contributed by atoms with Gasteiger partial charge >= 0.3 is 0 Å². The Morgan fingerprint density at radius 3 is 2.53 bits per heavy atom. The van der Waals surface area contributed by atoms with Crippen LogP contribution in [0.3, 0.4) is 0 Å². The zero-order chi connectivity index (χ0) is 23.9. The molecule has 8 heteroatoms. The van der Waals surface area contributed by atoms with Crippen LogP contribution >= 0.6 is 11.6 Å². The smallest absolute Gasteiger partial charge is 0.254 e. The van der Waals surface area contributed by atoms with Crippen LogP contribution in [0.5, 0.6) is 0 Å². The molecule has 0 aliphatic heterocycles. The molecule has 0 radical (unpaired) electrons. The highest BCUT2D eigenvalue weighted by Crippen LogP contribution is 2.48. The van der Waals surface area contributed by atoms with Gasteiger partial charge in [-0.05, 0) is 37.1 Å². The molecule has 1 aliphatic rings. The van der Waals surface area contributed by atoms with Crippen LogP contribution in [0.15, 0.2) is 48.8 Å². The number of imidazole rings is 1. The average Bonchev–Trinajstić information content (AvgIpc) is 3.45. The third-order valence-electron chi connectivity index (χ3n) is 6.17. The number of fused-ring (bicyclic) bond motifs is 1. The molecule has 174 valence electrons. The van der Waals surface area contributed by atoms with Crippen LogP contribution in [-0.2, 0) is 11.5 Å². The molecule has 0 saturated heterocycles. The van der Waals surface area contributed by atoms with E-state index < -0.39 is 8.07 Å². The Morgan fingerprint density at radius 2 is 1.85 bits per heavy atom. The van der Waals surface area contributed by atoms with E-state index in [1.807, 2.05) is 40.9 Å². The fraction of sp³-hybridized carbons (Fsp3) is 0.346. The summed E-state index contributed by atoms with van der Waals surface area (Å²) in [5.74, 6) is 0.961. The van der Waals surface area contributed by atoms with Crippen LogP contribution in [0.2, 0.25) is 30.7 Å². The number of nitrogens with zero attached hydrogens (tertiary/aromatic N) is 5. The monoisotopic (exact) mass is 489 g/mol. The van der Waals surface area contributed by atoms with Crippen molar-refractivity contribution in [1.82, 2.24) is 19.2 Å². The van der Waals surface area contributed by atoms with Crippen molar-refractivity contribution in [2.75, 3.05) is 6.61 Å². The Morgan fingerprint density at radius 1 is 1.12 bits per heavy atom. The van der Waals surface area contributed by atoms with Crippen LogP contribution in [0, 0.1) is 6.57 Å². The van der Waals surface area contributed by atoms with E-state index in [4.69, 9.17) is 28.0 Å². The van der Waals surface area contributed by atoms with E-state index in [1.165, 1.54) is 5.69 Å². The van der Waals surface area contributed by atoms with Crippen molar-refractivity contribution in [1.29, 1.82) is 0 Å². The summed E-state index contributed by atoms with van der Waals surface area (Å²) >= 11 is 6.18. The maximum Gasteiger partial charge on any atom is 0.254 e. The van der Waals surface area contributed by atoms with Gasteiger partial charge in [0.05, 0.1) is 18.1 Å². The van der Waals surface area contributed by atoms with Gasteiger partial charge in [0.25, 0.3) is 5.82 Å². The molecular formula is C26H28ClN5OSi. The predicted molar refractivity (Wildman–Crippen MR) is 139 cm³/mol. The molecular weight excluding hydrogens is 462 g/mol. The minimum absolute atomic E-state index is 0.442.